The first-order valence-corrected chi connectivity index (χ1v) is 7.16. The molecule has 3 amide bonds. The number of primary amides is 1. The van der Waals surface area contributed by atoms with E-state index in [1.807, 2.05) is 0 Å². The standard InChI is InChI=1S/C13H15Cl2N3O3/c14-7-1-3-9(15)10(5-7)18-13(20)17-6-8-2-4-11(21-8)12(16)19/h1,3,5,8,11H,2,4,6H2,(H2,16,19)(H2,17,18,20). The third-order valence-corrected chi connectivity index (χ3v) is 3.66. The second-order valence-electron chi connectivity index (χ2n) is 4.69. The van der Waals surface area contributed by atoms with Crippen LogP contribution >= 0.6 is 23.2 Å². The topological polar surface area (TPSA) is 93.5 Å². The number of hydrogen-bond donors (Lipinski definition) is 3. The molecule has 114 valence electrons. The minimum Gasteiger partial charge on any atom is -0.367 e. The molecule has 1 heterocycles. The molecule has 4 N–H and O–H groups in total. The monoisotopic (exact) mass is 331 g/mol. The number of halogens is 2. The maximum Gasteiger partial charge on any atom is 0.319 e. The number of nitrogens with two attached hydrogens (primary N) is 1. The van der Waals surface area contributed by atoms with Crippen molar-refractivity contribution in [1.82, 2.24) is 5.32 Å². The van der Waals surface area contributed by atoms with E-state index in [1.54, 1.807) is 18.2 Å². The Bertz CT molecular complexity index is 553. The van der Waals surface area contributed by atoms with Crippen molar-refractivity contribution in [2.75, 3.05) is 11.9 Å². The first kappa shape index (κ1) is 15.9. The zero-order chi connectivity index (χ0) is 15.4. The van der Waals surface area contributed by atoms with Crippen LogP contribution in [-0.4, -0.2) is 30.7 Å². The lowest BCUT2D eigenvalue weighted by Gasteiger charge is -2.13. The van der Waals surface area contributed by atoms with Gasteiger partial charge >= 0.3 is 6.03 Å². The number of hydrogen-bond acceptors (Lipinski definition) is 3. The van der Waals surface area contributed by atoms with Gasteiger partial charge in [0, 0.05) is 11.6 Å². The summed E-state index contributed by atoms with van der Waals surface area (Å²) in [6.07, 6.45) is 0.459. The molecule has 0 aromatic heterocycles. The molecule has 0 bridgehead atoms. The highest BCUT2D eigenvalue weighted by molar-refractivity contribution is 6.35. The van der Waals surface area contributed by atoms with Crippen LogP contribution in [0.3, 0.4) is 0 Å². The Labute approximate surface area is 131 Å². The summed E-state index contributed by atoms with van der Waals surface area (Å²) >= 11 is 11.8. The number of urea groups is 1. The zero-order valence-corrected chi connectivity index (χ0v) is 12.6. The predicted molar refractivity (Wildman–Crippen MR) is 80.6 cm³/mol. The van der Waals surface area contributed by atoms with E-state index in [1.165, 1.54) is 0 Å². The number of carbonyl (C=O) groups excluding carboxylic acids is 2. The molecule has 1 aromatic carbocycles. The molecule has 0 aliphatic carbocycles. The molecule has 1 fully saturated rings. The second-order valence-corrected chi connectivity index (χ2v) is 5.53. The largest absolute Gasteiger partial charge is 0.367 e. The Kier molecular flexibility index (Phi) is 5.27. The molecule has 2 unspecified atom stereocenters. The van der Waals surface area contributed by atoms with E-state index in [4.69, 9.17) is 33.7 Å². The summed E-state index contributed by atoms with van der Waals surface area (Å²) in [6.45, 7) is 0.286. The van der Waals surface area contributed by atoms with Gasteiger partial charge in [0.05, 0.1) is 16.8 Å². The molecule has 2 atom stereocenters. The number of ether oxygens (including phenoxy) is 1. The lowest BCUT2D eigenvalue weighted by Crippen LogP contribution is -2.36. The molecule has 2 rings (SSSR count). The molecule has 1 saturated heterocycles. The zero-order valence-electron chi connectivity index (χ0n) is 11.1. The van der Waals surface area contributed by atoms with Crippen molar-refractivity contribution in [2.24, 2.45) is 5.73 Å². The van der Waals surface area contributed by atoms with Crippen LogP contribution in [0, 0.1) is 0 Å². The quantitative estimate of drug-likeness (QED) is 0.789. The van der Waals surface area contributed by atoms with Gasteiger partial charge in [0.15, 0.2) is 0 Å². The third-order valence-electron chi connectivity index (χ3n) is 3.09. The van der Waals surface area contributed by atoms with E-state index in [0.717, 1.165) is 0 Å². The first-order chi connectivity index (χ1) is 9.95. The van der Waals surface area contributed by atoms with Crippen LogP contribution in [0.15, 0.2) is 18.2 Å². The molecule has 1 aliphatic rings. The van der Waals surface area contributed by atoms with Gasteiger partial charge in [-0.1, -0.05) is 23.2 Å². The number of rotatable bonds is 4. The van der Waals surface area contributed by atoms with Crippen molar-refractivity contribution in [3.05, 3.63) is 28.2 Å². The summed E-state index contributed by atoms with van der Waals surface area (Å²) in [7, 11) is 0. The van der Waals surface area contributed by atoms with E-state index in [2.05, 4.69) is 10.6 Å². The highest BCUT2D eigenvalue weighted by atomic mass is 35.5. The van der Waals surface area contributed by atoms with E-state index < -0.39 is 18.0 Å². The number of benzene rings is 1. The first-order valence-electron chi connectivity index (χ1n) is 6.40. The molecule has 0 spiro atoms. The van der Waals surface area contributed by atoms with Gasteiger partial charge in [-0.3, -0.25) is 4.79 Å². The lowest BCUT2D eigenvalue weighted by atomic mass is 10.2. The van der Waals surface area contributed by atoms with Crippen LogP contribution in [0.1, 0.15) is 12.8 Å². The second kappa shape index (κ2) is 6.98. The van der Waals surface area contributed by atoms with Crippen LogP contribution in [0.4, 0.5) is 10.5 Å². The van der Waals surface area contributed by atoms with Crippen LogP contribution in [0.2, 0.25) is 10.0 Å². The fourth-order valence-electron chi connectivity index (χ4n) is 2.03. The lowest BCUT2D eigenvalue weighted by molar-refractivity contribution is -0.128. The SMILES string of the molecule is NC(=O)C1CCC(CNC(=O)Nc2cc(Cl)ccc2Cl)O1. The number of anilines is 1. The summed E-state index contributed by atoms with van der Waals surface area (Å²) in [5.74, 6) is -0.479. The van der Waals surface area contributed by atoms with Gasteiger partial charge in [0.25, 0.3) is 0 Å². The van der Waals surface area contributed by atoms with Gasteiger partial charge in [-0.25, -0.2) is 4.79 Å². The molecule has 21 heavy (non-hydrogen) atoms. The van der Waals surface area contributed by atoms with Gasteiger partial charge < -0.3 is 21.1 Å². The van der Waals surface area contributed by atoms with Crippen LogP contribution in [0.5, 0.6) is 0 Å². The van der Waals surface area contributed by atoms with Gasteiger partial charge in [-0.2, -0.15) is 0 Å². The Morgan fingerprint density at radius 2 is 2.10 bits per heavy atom. The van der Waals surface area contributed by atoms with Gasteiger partial charge in [-0.05, 0) is 31.0 Å². The molecular formula is C13H15Cl2N3O3. The van der Waals surface area contributed by atoms with Gasteiger partial charge in [-0.15, -0.1) is 0 Å². The normalized spacial score (nSPS) is 21.0. The van der Waals surface area contributed by atoms with Crippen molar-refractivity contribution < 1.29 is 14.3 Å². The Hall–Kier alpha value is -1.50. The number of carbonyl (C=O) groups is 2. The van der Waals surface area contributed by atoms with Crippen LogP contribution in [-0.2, 0) is 9.53 Å². The molecule has 1 aromatic rings. The molecule has 6 nitrogen and oxygen atoms in total. The summed E-state index contributed by atoms with van der Waals surface area (Å²) in [5.41, 5.74) is 5.58. The van der Waals surface area contributed by atoms with E-state index >= 15 is 0 Å². The van der Waals surface area contributed by atoms with Gasteiger partial charge in [0.1, 0.15) is 6.10 Å². The van der Waals surface area contributed by atoms with Crippen molar-refractivity contribution in [3.63, 3.8) is 0 Å². The van der Waals surface area contributed by atoms with Crippen molar-refractivity contribution >= 4 is 40.8 Å². The average molecular weight is 332 g/mol. The van der Waals surface area contributed by atoms with E-state index in [-0.39, 0.29) is 12.6 Å². The van der Waals surface area contributed by atoms with Crippen molar-refractivity contribution in [1.29, 1.82) is 0 Å². The number of nitrogens with one attached hydrogen (secondary N) is 2. The Balaban J connectivity index is 1.80. The summed E-state index contributed by atoms with van der Waals surface area (Å²) in [5, 5.41) is 6.11. The Morgan fingerprint density at radius 3 is 2.76 bits per heavy atom. The van der Waals surface area contributed by atoms with E-state index in [9.17, 15) is 9.59 Å². The smallest absolute Gasteiger partial charge is 0.319 e. The number of amides is 3. The average Bonchev–Trinajstić information content (AvgIpc) is 2.90. The summed E-state index contributed by atoms with van der Waals surface area (Å²) in [4.78, 5) is 22.7. The molecule has 0 saturated carbocycles. The summed E-state index contributed by atoms with van der Waals surface area (Å²) < 4.78 is 5.40. The minimum atomic E-state index is -0.567. The van der Waals surface area contributed by atoms with E-state index in [0.29, 0.717) is 28.6 Å². The predicted octanol–water partition coefficient (Wildman–Crippen LogP) is 2.15. The minimum absolute atomic E-state index is 0.219. The maximum absolute atomic E-state index is 11.8. The fraction of sp³-hybridized carbons (Fsp3) is 0.385. The van der Waals surface area contributed by atoms with Gasteiger partial charge in [0.2, 0.25) is 5.91 Å². The molecule has 0 radical (unpaired) electrons. The van der Waals surface area contributed by atoms with Crippen LogP contribution in [0.25, 0.3) is 0 Å². The molecular weight excluding hydrogens is 317 g/mol. The molecule has 1 aliphatic heterocycles. The van der Waals surface area contributed by atoms with Crippen LogP contribution < -0.4 is 16.4 Å². The van der Waals surface area contributed by atoms with Crippen molar-refractivity contribution in [3.8, 4) is 0 Å². The highest BCUT2D eigenvalue weighted by Gasteiger charge is 2.29. The Morgan fingerprint density at radius 1 is 1.33 bits per heavy atom. The van der Waals surface area contributed by atoms with Crippen molar-refractivity contribution in [2.45, 2.75) is 25.0 Å². The summed E-state index contributed by atoms with van der Waals surface area (Å²) in [6, 6.07) is 4.35. The highest BCUT2D eigenvalue weighted by Crippen LogP contribution is 2.25. The maximum atomic E-state index is 11.8. The fourth-order valence-corrected chi connectivity index (χ4v) is 2.37. The molecule has 8 heteroatoms. The third kappa shape index (κ3) is 4.49.